The average Bonchev–Trinajstić information content (AvgIpc) is 2.54. The summed E-state index contributed by atoms with van der Waals surface area (Å²) in [5.74, 6) is 7.61. The van der Waals surface area contributed by atoms with Crippen LogP contribution in [0.4, 0.5) is 11.6 Å². The smallest absolute Gasteiger partial charge is 0.148 e. The Morgan fingerprint density at radius 3 is 2.43 bits per heavy atom. The molecule has 0 fully saturated rings. The van der Waals surface area contributed by atoms with Gasteiger partial charge in [0.25, 0.3) is 0 Å². The zero-order valence-corrected chi connectivity index (χ0v) is 12.1. The van der Waals surface area contributed by atoms with Gasteiger partial charge in [0.05, 0.1) is 11.6 Å². The number of hydrogen-bond donors (Lipinski definition) is 3. The summed E-state index contributed by atoms with van der Waals surface area (Å²) in [6, 6.07) is 9.55. The van der Waals surface area contributed by atoms with Gasteiger partial charge < -0.3 is 10.7 Å². The third kappa shape index (κ3) is 3.46. The van der Waals surface area contributed by atoms with Gasteiger partial charge in [-0.3, -0.25) is 0 Å². The summed E-state index contributed by atoms with van der Waals surface area (Å²) in [4.78, 5) is 8.80. The van der Waals surface area contributed by atoms with E-state index in [1.165, 1.54) is 0 Å². The van der Waals surface area contributed by atoms with Crippen LogP contribution in [-0.2, 0) is 13.0 Å². The van der Waals surface area contributed by atoms with Gasteiger partial charge in [-0.05, 0) is 24.6 Å². The molecule has 0 bridgehead atoms. The standard InChI is InChI=1S/C15H18N6/c1-3-13-19-14(10(2)15(20-13)21-17)18-9-12-6-4-11(8-16)5-7-12/h4-7H,3,9,17H2,1-2H3,(H2,18,19,20,21). The number of nitrogens with one attached hydrogen (secondary N) is 2. The highest BCUT2D eigenvalue weighted by Gasteiger charge is 2.09. The second-order valence-corrected chi connectivity index (χ2v) is 4.62. The lowest BCUT2D eigenvalue weighted by Gasteiger charge is -2.13. The lowest BCUT2D eigenvalue weighted by molar-refractivity contribution is 0.921. The Kier molecular flexibility index (Phi) is 4.69. The van der Waals surface area contributed by atoms with Gasteiger partial charge in [-0.25, -0.2) is 15.8 Å². The van der Waals surface area contributed by atoms with Gasteiger partial charge in [0, 0.05) is 18.5 Å². The minimum Gasteiger partial charge on any atom is -0.366 e. The summed E-state index contributed by atoms with van der Waals surface area (Å²) in [7, 11) is 0. The Morgan fingerprint density at radius 2 is 1.86 bits per heavy atom. The number of nitrogens with two attached hydrogens (primary N) is 1. The summed E-state index contributed by atoms with van der Waals surface area (Å²) in [6.45, 7) is 4.53. The van der Waals surface area contributed by atoms with Gasteiger partial charge in [-0.1, -0.05) is 19.1 Å². The first kappa shape index (κ1) is 14.8. The van der Waals surface area contributed by atoms with Crippen LogP contribution in [0.25, 0.3) is 0 Å². The van der Waals surface area contributed by atoms with Crippen molar-refractivity contribution in [3.63, 3.8) is 0 Å². The highest BCUT2D eigenvalue weighted by atomic mass is 15.3. The molecule has 0 aliphatic rings. The molecule has 4 N–H and O–H groups in total. The molecule has 21 heavy (non-hydrogen) atoms. The lowest BCUT2D eigenvalue weighted by atomic mass is 10.1. The number of nitrogens with zero attached hydrogens (tertiary/aromatic N) is 3. The van der Waals surface area contributed by atoms with Crippen molar-refractivity contribution >= 4 is 11.6 Å². The van der Waals surface area contributed by atoms with Crippen LogP contribution < -0.4 is 16.6 Å². The molecule has 0 saturated heterocycles. The molecular formula is C15H18N6. The maximum atomic E-state index is 8.79. The molecule has 1 heterocycles. The molecular weight excluding hydrogens is 264 g/mol. The predicted octanol–water partition coefficient (Wildman–Crippen LogP) is 2.12. The number of aromatic nitrogens is 2. The maximum Gasteiger partial charge on any atom is 0.148 e. The Morgan fingerprint density at radius 1 is 1.19 bits per heavy atom. The molecule has 2 rings (SSSR count). The fraction of sp³-hybridized carbons (Fsp3) is 0.267. The average molecular weight is 282 g/mol. The van der Waals surface area contributed by atoms with Crippen molar-refractivity contribution in [3.8, 4) is 6.07 Å². The quantitative estimate of drug-likeness (QED) is 0.574. The highest BCUT2D eigenvalue weighted by molar-refractivity contribution is 5.56. The van der Waals surface area contributed by atoms with Gasteiger partial charge in [-0.2, -0.15) is 5.26 Å². The van der Waals surface area contributed by atoms with Crippen molar-refractivity contribution in [1.82, 2.24) is 9.97 Å². The SMILES string of the molecule is CCc1nc(NN)c(C)c(NCc2ccc(C#N)cc2)n1. The predicted molar refractivity (Wildman–Crippen MR) is 82.4 cm³/mol. The first-order chi connectivity index (χ1) is 10.2. The molecule has 1 aromatic carbocycles. The minimum absolute atomic E-state index is 0.622. The second kappa shape index (κ2) is 6.68. The Balaban J connectivity index is 2.17. The molecule has 1 aromatic heterocycles. The molecule has 0 spiro atoms. The summed E-state index contributed by atoms with van der Waals surface area (Å²) < 4.78 is 0. The molecule has 0 aliphatic heterocycles. The largest absolute Gasteiger partial charge is 0.366 e. The van der Waals surface area contributed by atoms with Crippen molar-refractivity contribution in [2.45, 2.75) is 26.8 Å². The zero-order chi connectivity index (χ0) is 15.2. The van der Waals surface area contributed by atoms with Gasteiger partial charge in [0.15, 0.2) is 0 Å². The number of anilines is 2. The lowest BCUT2D eigenvalue weighted by Crippen LogP contribution is -2.14. The first-order valence-corrected chi connectivity index (χ1v) is 6.75. The van der Waals surface area contributed by atoms with Crippen molar-refractivity contribution in [2.24, 2.45) is 5.84 Å². The van der Waals surface area contributed by atoms with E-state index in [1.54, 1.807) is 12.1 Å². The van der Waals surface area contributed by atoms with Gasteiger partial charge in [0.1, 0.15) is 17.5 Å². The molecule has 0 amide bonds. The van der Waals surface area contributed by atoms with Crippen molar-refractivity contribution in [3.05, 3.63) is 46.8 Å². The molecule has 0 aliphatic carbocycles. The number of nitrogen functional groups attached to an aromatic ring is 1. The van der Waals surface area contributed by atoms with Gasteiger partial charge >= 0.3 is 0 Å². The van der Waals surface area contributed by atoms with Crippen LogP contribution in [0.3, 0.4) is 0 Å². The van der Waals surface area contributed by atoms with Crippen LogP contribution in [0.1, 0.15) is 29.4 Å². The highest BCUT2D eigenvalue weighted by Crippen LogP contribution is 2.20. The summed E-state index contributed by atoms with van der Waals surface area (Å²) >= 11 is 0. The molecule has 6 nitrogen and oxygen atoms in total. The Labute approximate surface area is 124 Å². The third-order valence-corrected chi connectivity index (χ3v) is 3.19. The minimum atomic E-state index is 0.622. The second-order valence-electron chi connectivity index (χ2n) is 4.62. The van der Waals surface area contributed by atoms with Crippen LogP contribution in [0.15, 0.2) is 24.3 Å². The fourth-order valence-electron chi connectivity index (χ4n) is 1.92. The number of hydrogen-bond acceptors (Lipinski definition) is 6. The van der Waals surface area contributed by atoms with E-state index in [0.29, 0.717) is 17.9 Å². The van der Waals surface area contributed by atoms with Crippen LogP contribution in [0.5, 0.6) is 0 Å². The van der Waals surface area contributed by atoms with Crippen molar-refractivity contribution in [1.29, 1.82) is 5.26 Å². The molecule has 6 heteroatoms. The molecule has 0 atom stereocenters. The molecule has 0 saturated carbocycles. The van der Waals surface area contributed by atoms with E-state index in [-0.39, 0.29) is 0 Å². The van der Waals surface area contributed by atoms with E-state index in [9.17, 15) is 0 Å². The fourth-order valence-corrected chi connectivity index (χ4v) is 1.92. The number of rotatable bonds is 5. The number of nitriles is 1. The Hall–Kier alpha value is -2.65. The third-order valence-electron chi connectivity index (χ3n) is 3.19. The number of aryl methyl sites for hydroxylation is 1. The van der Waals surface area contributed by atoms with Crippen LogP contribution >= 0.6 is 0 Å². The Bertz CT molecular complexity index is 657. The van der Waals surface area contributed by atoms with Crippen LogP contribution in [0, 0.1) is 18.3 Å². The maximum absolute atomic E-state index is 8.79. The van der Waals surface area contributed by atoms with Crippen molar-refractivity contribution in [2.75, 3.05) is 10.7 Å². The molecule has 0 radical (unpaired) electrons. The number of hydrazine groups is 1. The van der Waals surface area contributed by atoms with E-state index in [2.05, 4.69) is 26.8 Å². The monoisotopic (exact) mass is 282 g/mol. The first-order valence-electron chi connectivity index (χ1n) is 6.75. The number of benzene rings is 1. The summed E-state index contributed by atoms with van der Waals surface area (Å²) in [5.41, 5.74) is 5.20. The zero-order valence-electron chi connectivity index (χ0n) is 12.1. The molecule has 108 valence electrons. The topological polar surface area (TPSA) is 99.6 Å². The van der Waals surface area contributed by atoms with Crippen LogP contribution in [0.2, 0.25) is 0 Å². The van der Waals surface area contributed by atoms with E-state index in [1.807, 2.05) is 26.0 Å². The van der Waals surface area contributed by atoms with Gasteiger partial charge in [-0.15, -0.1) is 0 Å². The molecule has 0 unspecified atom stereocenters. The molecule has 2 aromatic rings. The summed E-state index contributed by atoms with van der Waals surface area (Å²) in [5, 5.41) is 12.1. The van der Waals surface area contributed by atoms with Crippen molar-refractivity contribution < 1.29 is 0 Å². The van der Waals surface area contributed by atoms with E-state index in [4.69, 9.17) is 11.1 Å². The van der Waals surface area contributed by atoms with E-state index in [0.717, 1.165) is 29.2 Å². The van der Waals surface area contributed by atoms with Crippen LogP contribution in [-0.4, -0.2) is 9.97 Å². The van der Waals surface area contributed by atoms with Gasteiger partial charge in [0.2, 0.25) is 0 Å². The van der Waals surface area contributed by atoms with E-state index < -0.39 is 0 Å². The van der Waals surface area contributed by atoms with E-state index >= 15 is 0 Å². The normalized spacial score (nSPS) is 10.0. The summed E-state index contributed by atoms with van der Waals surface area (Å²) in [6.07, 6.45) is 0.737.